The Morgan fingerprint density at radius 3 is 2.50 bits per heavy atom. The molecule has 0 saturated heterocycles. The fourth-order valence-electron chi connectivity index (χ4n) is 1.88. The molecule has 2 aromatic carbocycles. The molecular formula is C16H12O3Se. The Hall–Kier alpha value is -2.03. The molecule has 0 bridgehead atoms. The molecule has 4 heteroatoms. The van der Waals surface area contributed by atoms with Gasteiger partial charge in [0, 0.05) is 0 Å². The van der Waals surface area contributed by atoms with Gasteiger partial charge >= 0.3 is 123 Å². The van der Waals surface area contributed by atoms with Crippen LogP contribution in [-0.4, -0.2) is 21.2 Å². The SMILES string of the molecule is O=CC1=COC(c2ccccc2[Se]c2ccccc2)O1. The number of hydrogen-bond acceptors (Lipinski definition) is 3. The average Bonchev–Trinajstić information content (AvgIpc) is 2.98. The van der Waals surface area contributed by atoms with Crippen molar-refractivity contribution >= 4 is 30.2 Å². The van der Waals surface area contributed by atoms with Crippen LogP contribution in [-0.2, 0) is 14.3 Å². The van der Waals surface area contributed by atoms with Gasteiger partial charge in [0.25, 0.3) is 0 Å². The van der Waals surface area contributed by atoms with Crippen LogP contribution in [0, 0.1) is 0 Å². The molecule has 1 atom stereocenters. The number of carbonyl (C=O) groups is 1. The average molecular weight is 331 g/mol. The van der Waals surface area contributed by atoms with E-state index < -0.39 is 6.29 Å². The molecule has 2 aromatic rings. The second-order valence-electron chi connectivity index (χ2n) is 4.18. The molecule has 0 aliphatic carbocycles. The molecule has 3 rings (SSSR count). The number of benzene rings is 2. The summed E-state index contributed by atoms with van der Waals surface area (Å²) in [6.45, 7) is 0. The predicted octanol–water partition coefficient (Wildman–Crippen LogP) is 1.43. The van der Waals surface area contributed by atoms with Gasteiger partial charge in [-0.3, -0.25) is 0 Å². The van der Waals surface area contributed by atoms with Gasteiger partial charge < -0.3 is 0 Å². The van der Waals surface area contributed by atoms with Gasteiger partial charge in [0.2, 0.25) is 0 Å². The standard InChI is InChI=1S/C16H12O3Se/c17-10-12-11-18-16(19-12)14-8-4-5-9-15(14)20-13-6-2-1-3-7-13/h1-11,16H. The summed E-state index contributed by atoms with van der Waals surface area (Å²) >= 11 is 0.175. The van der Waals surface area contributed by atoms with Gasteiger partial charge in [0.1, 0.15) is 0 Å². The molecule has 0 amide bonds. The molecule has 1 aliphatic heterocycles. The van der Waals surface area contributed by atoms with E-state index in [1.165, 1.54) is 15.2 Å². The van der Waals surface area contributed by atoms with Crippen molar-refractivity contribution in [1.82, 2.24) is 0 Å². The summed E-state index contributed by atoms with van der Waals surface area (Å²) in [5.74, 6) is 0.233. The Bertz CT molecular complexity index is 637. The zero-order valence-corrected chi connectivity index (χ0v) is 12.3. The molecule has 0 fully saturated rings. The van der Waals surface area contributed by atoms with Crippen LogP contribution < -0.4 is 8.92 Å². The second-order valence-corrected chi connectivity index (χ2v) is 6.52. The number of hydrogen-bond donors (Lipinski definition) is 0. The van der Waals surface area contributed by atoms with Crippen molar-refractivity contribution in [2.75, 3.05) is 0 Å². The van der Waals surface area contributed by atoms with Gasteiger partial charge in [0.05, 0.1) is 0 Å². The van der Waals surface area contributed by atoms with E-state index in [0.717, 1.165) is 5.56 Å². The molecule has 3 nitrogen and oxygen atoms in total. The van der Waals surface area contributed by atoms with E-state index in [1.54, 1.807) is 0 Å². The first kappa shape index (κ1) is 13.0. The van der Waals surface area contributed by atoms with E-state index in [-0.39, 0.29) is 20.7 Å². The van der Waals surface area contributed by atoms with Crippen LogP contribution in [0.2, 0.25) is 0 Å². The maximum atomic E-state index is 10.7. The Balaban J connectivity index is 1.84. The maximum absolute atomic E-state index is 10.7. The van der Waals surface area contributed by atoms with E-state index >= 15 is 0 Å². The fraction of sp³-hybridized carbons (Fsp3) is 0.0625. The van der Waals surface area contributed by atoms with Crippen LogP contribution in [0.1, 0.15) is 11.9 Å². The van der Waals surface area contributed by atoms with Crippen molar-refractivity contribution in [3.05, 3.63) is 72.2 Å². The summed E-state index contributed by atoms with van der Waals surface area (Å²) in [5.41, 5.74) is 0.976. The van der Waals surface area contributed by atoms with Gasteiger partial charge in [-0.05, 0) is 0 Å². The molecule has 1 aliphatic rings. The monoisotopic (exact) mass is 332 g/mol. The first-order valence-electron chi connectivity index (χ1n) is 6.16. The van der Waals surface area contributed by atoms with Crippen LogP contribution in [0.25, 0.3) is 0 Å². The van der Waals surface area contributed by atoms with Crippen molar-refractivity contribution in [2.45, 2.75) is 6.29 Å². The molecule has 1 heterocycles. The molecule has 0 aromatic heterocycles. The summed E-state index contributed by atoms with van der Waals surface area (Å²) in [4.78, 5) is 10.7. The molecule has 1 unspecified atom stereocenters. The normalized spacial score (nSPS) is 17.0. The van der Waals surface area contributed by atoms with E-state index in [2.05, 4.69) is 18.2 Å². The summed E-state index contributed by atoms with van der Waals surface area (Å²) in [7, 11) is 0. The molecule has 20 heavy (non-hydrogen) atoms. The zero-order valence-electron chi connectivity index (χ0n) is 10.6. The quantitative estimate of drug-likeness (QED) is 0.628. The molecule has 0 saturated carbocycles. The number of ether oxygens (including phenoxy) is 2. The number of rotatable bonds is 4. The van der Waals surface area contributed by atoms with E-state index in [1.807, 2.05) is 36.4 Å². The molecule has 0 N–H and O–H groups in total. The minimum absolute atomic E-state index is 0.175. The van der Waals surface area contributed by atoms with Gasteiger partial charge in [-0.25, -0.2) is 0 Å². The van der Waals surface area contributed by atoms with Crippen molar-refractivity contribution in [3.63, 3.8) is 0 Å². The van der Waals surface area contributed by atoms with Gasteiger partial charge in [-0.2, -0.15) is 0 Å². The third-order valence-electron chi connectivity index (χ3n) is 2.81. The van der Waals surface area contributed by atoms with Gasteiger partial charge in [0.15, 0.2) is 0 Å². The van der Waals surface area contributed by atoms with Crippen LogP contribution in [0.15, 0.2) is 66.6 Å². The van der Waals surface area contributed by atoms with Crippen LogP contribution in [0.5, 0.6) is 0 Å². The second kappa shape index (κ2) is 5.95. The van der Waals surface area contributed by atoms with Crippen molar-refractivity contribution in [3.8, 4) is 0 Å². The third-order valence-corrected chi connectivity index (χ3v) is 5.12. The van der Waals surface area contributed by atoms with E-state index in [0.29, 0.717) is 6.29 Å². The van der Waals surface area contributed by atoms with Gasteiger partial charge in [-0.15, -0.1) is 0 Å². The van der Waals surface area contributed by atoms with Crippen molar-refractivity contribution in [2.24, 2.45) is 0 Å². The summed E-state index contributed by atoms with van der Waals surface area (Å²) < 4.78 is 13.3. The number of aldehydes is 1. The number of allylic oxidation sites excluding steroid dienone is 1. The molecular weight excluding hydrogens is 319 g/mol. The minimum atomic E-state index is -0.517. The Labute approximate surface area is 123 Å². The van der Waals surface area contributed by atoms with Crippen LogP contribution in [0.3, 0.4) is 0 Å². The molecule has 0 spiro atoms. The van der Waals surface area contributed by atoms with Crippen molar-refractivity contribution in [1.29, 1.82) is 0 Å². The summed E-state index contributed by atoms with van der Waals surface area (Å²) in [5, 5.41) is 0. The summed E-state index contributed by atoms with van der Waals surface area (Å²) in [6.07, 6.45) is 1.51. The summed E-state index contributed by atoms with van der Waals surface area (Å²) in [6, 6.07) is 18.3. The Morgan fingerprint density at radius 2 is 1.75 bits per heavy atom. The predicted molar refractivity (Wildman–Crippen MR) is 77.0 cm³/mol. The zero-order chi connectivity index (χ0) is 13.8. The van der Waals surface area contributed by atoms with Gasteiger partial charge in [-0.1, -0.05) is 0 Å². The molecule has 0 radical (unpaired) electrons. The third kappa shape index (κ3) is 2.77. The Morgan fingerprint density at radius 1 is 1.00 bits per heavy atom. The Kier molecular flexibility index (Phi) is 3.86. The number of carbonyl (C=O) groups excluding carboxylic acids is 1. The van der Waals surface area contributed by atoms with E-state index in [4.69, 9.17) is 9.47 Å². The van der Waals surface area contributed by atoms with Crippen LogP contribution in [0.4, 0.5) is 0 Å². The first-order chi connectivity index (χ1) is 9.86. The fourth-order valence-corrected chi connectivity index (χ4v) is 3.93. The molecule has 100 valence electrons. The first-order valence-corrected chi connectivity index (χ1v) is 7.87. The topological polar surface area (TPSA) is 35.5 Å². The van der Waals surface area contributed by atoms with Crippen LogP contribution >= 0.6 is 0 Å². The van der Waals surface area contributed by atoms with Crippen molar-refractivity contribution < 1.29 is 14.3 Å². The van der Waals surface area contributed by atoms with E-state index in [9.17, 15) is 4.79 Å².